The van der Waals surface area contributed by atoms with Crippen LogP contribution in [0.5, 0.6) is 11.5 Å². The Morgan fingerprint density at radius 2 is 2.00 bits per heavy atom. The number of methoxy groups -OCH3 is 1. The molecule has 0 bridgehead atoms. The van der Waals surface area contributed by atoms with Gasteiger partial charge in [-0.2, -0.15) is 0 Å². The van der Waals surface area contributed by atoms with E-state index in [4.69, 9.17) is 25.8 Å². The van der Waals surface area contributed by atoms with E-state index in [9.17, 15) is 0 Å². The summed E-state index contributed by atoms with van der Waals surface area (Å²) in [6.45, 7) is 3.95. The summed E-state index contributed by atoms with van der Waals surface area (Å²) in [5, 5.41) is 3.99. The van der Waals surface area contributed by atoms with E-state index in [1.807, 2.05) is 6.07 Å². The molecular weight excluding hydrogens is 254 g/mol. The topological polar surface area (TPSA) is 39.7 Å². The lowest BCUT2D eigenvalue weighted by Gasteiger charge is -2.22. The Morgan fingerprint density at radius 3 is 2.67 bits per heavy atom. The molecule has 18 heavy (non-hydrogen) atoms. The lowest BCUT2D eigenvalue weighted by Crippen LogP contribution is -2.19. The van der Waals surface area contributed by atoms with E-state index in [-0.39, 0.29) is 6.04 Å². The Bertz CT molecular complexity index is 411. The highest BCUT2D eigenvalue weighted by molar-refractivity contribution is 6.33. The predicted octanol–water partition coefficient (Wildman–Crippen LogP) is 2.95. The minimum Gasteiger partial charge on any atom is -0.486 e. The largest absolute Gasteiger partial charge is 0.486 e. The van der Waals surface area contributed by atoms with Crippen molar-refractivity contribution in [3.63, 3.8) is 0 Å². The van der Waals surface area contributed by atoms with Gasteiger partial charge >= 0.3 is 0 Å². The zero-order valence-corrected chi connectivity index (χ0v) is 11.4. The summed E-state index contributed by atoms with van der Waals surface area (Å²) >= 11 is 6.21. The normalized spacial score (nSPS) is 15.3. The highest BCUT2D eigenvalue weighted by Crippen LogP contribution is 2.38. The standard InChI is InChI=1S/C13H18ClNO3/c1-9(3-4-16-2)15-11-8-13-12(7-10(11)14)17-5-6-18-13/h7-9,15H,3-6H2,1-2H3. The zero-order valence-electron chi connectivity index (χ0n) is 10.7. The van der Waals surface area contributed by atoms with Crippen molar-refractivity contribution in [1.29, 1.82) is 0 Å². The maximum Gasteiger partial charge on any atom is 0.163 e. The third kappa shape index (κ3) is 3.21. The fraction of sp³-hybridized carbons (Fsp3) is 0.538. The first-order chi connectivity index (χ1) is 8.70. The van der Waals surface area contributed by atoms with E-state index in [0.29, 0.717) is 24.0 Å². The number of benzene rings is 1. The van der Waals surface area contributed by atoms with Gasteiger partial charge in [0.2, 0.25) is 0 Å². The van der Waals surface area contributed by atoms with Crippen molar-refractivity contribution in [1.82, 2.24) is 0 Å². The number of halogens is 1. The first-order valence-corrected chi connectivity index (χ1v) is 6.43. The van der Waals surface area contributed by atoms with Crippen molar-refractivity contribution >= 4 is 17.3 Å². The van der Waals surface area contributed by atoms with Gasteiger partial charge in [-0.05, 0) is 13.3 Å². The third-order valence-electron chi connectivity index (χ3n) is 2.79. The summed E-state index contributed by atoms with van der Waals surface area (Å²) in [5.41, 5.74) is 0.865. The van der Waals surface area contributed by atoms with Crippen molar-refractivity contribution < 1.29 is 14.2 Å². The molecule has 1 aromatic rings. The van der Waals surface area contributed by atoms with Crippen LogP contribution in [0.2, 0.25) is 5.02 Å². The number of rotatable bonds is 5. The van der Waals surface area contributed by atoms with Crippen LogP contribution in [0.15, 0.2) is 12.1 Å². The molecule has 1 heterocycles. The number of hydrogen-bond acceptors (Lipinski definition) is 4. The predicted molar refractivity (Wildman–Crippen MR) is 72.0 cm³/mol. The second-order valence-electron chi connectivity index (χ2n) is 4.30. The quantitative estimate of drug-likeness (QED) is 0.894. The second kappa shape index (κ2) is 6.16. The average Bonchev–Trinajstić information content (AvgIpc) is 2.37. The summed E-state index contributed by atoms with van der Waals surface area (Å²) in [5.74, 6) is 1.45. The van der Waals surface area contributed by atoms with Gasteiger partial charge in [-0.25, -0.2) is 0 Å². The molecule has 0 amide bonds. The molecule has 100 valence electrons. The summed E-state index contributed by atoms with van der Waals surface area (Å²) < 4.78 is 16.1. The van der Waals surface area contributed by atoms with Gasteiger partial charge < -0.3 is 19.5 Å². The van der Waals surface area contributed by atoms with Crippen LogP contribution in [0.4, 0.5) is 5.69 Å². The molecular formula is C13H18ClNO3. The summed E-state index contributed by atoms with van der Waals surface area (Å²) in [6, 6.07) is 3.96. The summed E-state index contributed by atoms with van der Waals surface area (Å²) in [7, 11) is 1.70. The van der Waals surface area contributed by atoms with E-state index in [1.165, 1.54) is 0 Å². The van der Waals surface area contributed by atoms with Crippen molar-refractivity contribution in [2.45, 2.75) is 19.4 Å². The summed E-state index contributed by atoms with van der Waals surface area (Å²) in [6.07, 6.45) is 0.918. The van der Waals surface area contributed by atoms with Gasteiger partial charge in [-0.1, -0.05) is 11.6 Å². The molecule has 1 unspecified atom stereocenters. The Kier molecular flexibility index (Phi) is 4.55. The summed E-state index contributed by atoms with van der Waals surface area (Å²) in [4.78, 5) is 0. The molecule has 1 N–H and O–H groups in total. The van der Waals surface area contributed by atoms with Crippen LogP contribution in [-0.2, 0) is 4.74 Å². The van der Waals surface area contributed by atoms with Crippen LogP contribution < -0.4 is 14.8 Å². The third-order valence-corrected chi connectivity index (χ3v) is 3.10. The van der Waals surface area contributed by atoms with Gasteiger partial charge in [0.05, 0.1) is 10.7 Å². The molecule has 2 rings (SSSR count). The molecule has 0 saturated heterocycles. The molecule has 0 radical (unpaired) electrons. The van der Waals surface area contributed by atoms with E-state index in [1.54, 1.807) is 13.2 Å². The maximum atomic E-state index is 6.21. The number of hydrogen-bond donors (Lipinski definition) is 1. The SMILES string of the molecule is COCCC(C)Nc1cc2c(cc1Cl)OCCO2. The highest BCUT2D eigenvalue weighted by atomic mass is 35.5. The van der Waals surface area contributed by atoms with Gasteiger partial charge in [0.25, 0.3) is 0 Å². The molecule has 1 aliphatic heterocycles. The first-order valence-electron chi connectivity index (χ1n) is 6.05. The number of nitrogens with one attached hydrogen (secondary N) is 1. The first kappa shape index (κ1) is 13.3. The lowest BCUT2D eigenvalue weighted by molar-refractivity contribution is 0.171. The van der Waals surface area contributed by atoms with Crippen LogP contribution in [0.1, 0.15) is 13.3 Å². The molecule has 0 fully saturated rings. The maximum absolute atomic E-state index is 6.21. The van der Waals surface area contributed by atoms with Crippen molar-refractivity contribution in [2.24, 2.45) is 0 Å². The number of ether oxygens (including phenoxy) is 3. The number of fused-ring (bicyclic) bond motifs is 1. The fourth-order valence-electron chi connectivity index (χ4n) is 1.81. The molecule has 0 spiro atoms. The van der Waals surface area contributed by atoms with Crippen molar-refractivity contribution in [3.05, 3.63) is 17.2 Å². The van der Waals surface area contributed by atoms with E-state index in [2.05, 4.69) is 12.2 Å². The second-order valence-corrected chi connectivity index (χ2v) is 4.71. The Balaban J connectivity index is 2.08. The van der Waals surface area contributed by atoms with Crippen LogP contribution in [-0.4, -0.2) is 33.0 Å². The van der Waals surface area contributed by atoms with E-state index in [0.717, 1.165) is 24.5 Å². The van der Waals surface area contributed by atoms with Crippen LogP contribution in [0, 0.1) is 0 Å². The van der Waals surface area contributed by atoms with Crippen molar-refractivity contribution in [2.75, 3.05) is 32.2 Å². The Hall–Kier alpha value is -1.13. The van der Waals surface area contributed by atoms with E-state index >= 15 is 0 Å². The average molecular weight is 272 g/mol. The number of anilines is 1. The molecule has 1 aliphatic rings. The molecule has 5 heteroatoms. The fourth-order valence-corrected chi connectivity index (χ4v) is 2.02. The molecule has 4 nitrogen and oxygen atoms in total. The molecule has 1 aromatic carbocycles. The van der Waals surface area contributed by atoms with Gasteiger partial charge in [-0.15, -0.1) is 0 Å². The van der Waals surface area contributed by atoms with Gasteiger partial charge in [0.15, 0.2) is 11.5 Å². The van der Waals surface area contributed by atoms with Crippen LogP contribution in [0.25, 0.3) is 0 Å². The Morgan fingerprint density at radius 1 is 1.33 bits per heavy atom. The smallest absolute Gasteiger partial charge is 0.163 e. The van der Waals surface area contributed by atoms with Gasteiger partial charge in [0, 0.05) is 31.9 Å². The monoisotopic (exact) mass is 271 g/mol. The Labute approximate surface area is 112 Å². The molecule has 0 saturated carbocycles. The van der Waals surface area contributed by atoms with Crippen LogP contribution in [0.3, 0.4) is 0 Å². The zero-order chi connectivity index (χ0) is 13.0. The van der Waals surface area contributed by atoms with Gasteiger partial charge in [-0.3, -0.25) is 0 Å². The minimum absolute atomic E-state index is 0.282. The molecule has 1 atom stereocenters. The van der Waals surface area contributed by atoms with Crippen molar-refractivity contribution in [3.8, 4) is 11.5 Å². The molecule has 0 aliphatic carbocycles. The van der Waals surface area contributed by atoms with Gasteiger partial charge in [0.1, 0.15) is 13.2 Å². The molecule has 0 aromatic heterocycles. The van der Waals surface area contributed by atoms with Crippen LogP contribution >= 0.6 is 11.6 Å². The van der Waals surface area contributed by atoms with E-state index < -0.39 is 0 Å². The lowest BCUT2D eigenvalue weighted by atomic mass is 10.2. The highest BCUT2D eigenvalue weighted by Gasteiger charge is 2.15. The minimum atomic E-state index is 0.282.